The highest BCUT2D eigenvalue weighted by atomic mass is 32.1. The topological polar surface area (TPSA) is 262 Å². The molecule has 0 saturated carbocycles. The zero-order valence-electron chi connectivity index (χ0n) is 45.8. The average molecular weight is 1170 g/mol. The molecule has 2 unspecified atom stereocenters. The number of amides is 4. The Kier molecular flexibility index (Phi) is 15.3. The van der Waals surface area contributed by atoms with Crippen LogP contribution in [0.3, 0.4) is 0 Å². The van der Waals surface area contributed by atoms with Gasteiger partial charge in [-0.2, -0.15) is 22.8 Å². The molecule has 10 aromatic rings. The van der Waals surface area contributed by atoms with Crippen LogP contribution in [0.1, 0.15) is 70.6 Å². The molecule has 2 aliphatic heterocycles. The monoisotopic (exact) mass is 1170 g/mol. The van der Waals surface area contributed by atoms with Crippen LogP contribution >= 0.6 is 11.3 Å². The van der Waals surface area contributed by atoms with Crippen LogP contribution in [0.4, 0.5) is 29.3 Å². The number of nitrogens with zero attached hydrogens (tertiary/aromatic N) is 17. The van der Waals surface area contributed by atoms with Crippen molar-refractivity contribution in [1.29, 1.82) is 0 Å². The van der Waals surface area contributed by atoms with Gasteiger partial charge < -0.3 is 24.9 Å². The molecule has 12 rings (SSSR count). The quantitative estimate of drug-likeness (QED) is 0.108. The Morgan fingerprint density at radius 3 is 2.08 bits per heavy atom. The molecule has 0 spiro atoms. The van der Waals surface area contributed by atoms with Crippen molar-refractivity contribution >= 4 is 57.6 Å². The van der Waals surface area contributed by atoms with E-state index in [1.165, 1.54) is 51.8 Å². The number of anilines is 2. The minimum Gasteiger partial charge on any atom is -0.435 e. The van der Waals surface area contributed by atoms with Crippen LogP contribution in [0, 0.1) is 0 Å². The number of halogens is 3. The first kappa shape index (κ1) is 55.6. The molecule has 2 atom stereocenters. The summed E-state index contributed by atoms with van der Waals surface area (Å²) in [5.41, 5.74) is 5.90. The third kappa shape index (κ3) is 12.1. The Balaban J connectivity index is 0.715. The van der Waals surface area contributed by atoms with Crippen LogP contribution in [-0.2, 0) is 29.4 Å². The minimum atomic E-state index is -5.00. The Bertz CT molecular complexity index is 4110. The zero-order chi connectivity index (χ0) is 58.9. The van der Waals surface area contributed by atoms with Gasteiger partial charge in [0.1, 0.15) is 21.9 Å². The molecular formula is C57H52F3N19O5S. The standard InChI is InChI=1S/C57H52F3N19O5S/c1-34(80)63-41-14-8-12-38(28-41)47-31-62-53(85-47)40-17-18-61-44(29-40)54(82)76-23-19-75(20-24-76)49(50-67-71-73(3)69-50)39-13-7-9-36(27-39)32-79-70-51(68-72-79)48(37-10-5-4-6-11-37)74-21-25-77(26-22-74)56(83)78-33-45(66-55(78)57(58,59)60)52-65-43-30-42(64-35(2)81)15-16-46(43)84-52/h4-18,27-31,33,48-49H,19-26,32H2,1-3H3,(H,63,80)(H,64,81). The second-order valence-electron chi connectivity index (χ2n) is 20.3. The Morgan fingerprint density at radius 2 is 1.36 bits per heavy atom. The number of hydrogen-bond donors (Lipinski definition) is 2. The van der Waals surface area contributed by atoms with Gasteiger partial charge in [0.25, 0.3) is 5.91 Å². The summed E-state index contributed by atoms with van der Waals surface area (Å²) < 4.78 is 49.8. The SMILES string of the molecule is CC(=O)Nc1cccc(-c2cnc(-c3ccnc(C(=O)N4CCN(C(c5cccc(Cn6nnc(C(c7ccccc7)N7CCN(C(=O)n8cc(-c9nc%10cc(NC(C)=O)ccc%10o9)nc8C(F)(F)F)CC7)n6)c5)c5nnn(C)n5)CC4)c3)s2)c1. The number of piperazine rings is 2. The fraction of sp³-hybridized carbons (Fsp3) is 0.263. The fourth-order valence-corrected chi connectivity index (χ4v) is 11.4. The summed E-state index contributed by atoms with van der Waals surface area (Å²) in [4.78, 5) is 79.8. The molecule has 432 valence electrons. The number of aryl methyl sites for hydroxylation is 1. The van der Waals surface area contributed by atoms with Crippen molar-refractivity contribution < 1.29 is 36.8 Å². The van der Waals surface area contributed by atoms with E-state index in [9.17, 15) is 32.3 Å². The van der Waals surface area contributed by atoms with Crippen molar-refractivity contribution in [3.63, 3.8) is 0 Å². The number of carbonyl (C=O) groups excluding carboxylic acids is 4. The first-order valence-corrected chi connectivity index (χ1v) is 27.8. The molecule has 2 saturated heterocycles. The first-order chi connectivity index (χ1) is 41.1. The van der Waals surface area contributed by atoms with Crippen molar-refractivity contribution in [3.8, 4) is 32.6 Å². The first-order valence-electron chi connectivity index (χ1n) is 26.9. The Morgan fingerprint density at radius 1 is 0.682 bits per heavy atom. The van der Waals surface area contributed by atoms with Crippen molar-refractivity contribution in [2.45, 2.75) is 38.7 Å². The molecule has 85 heavy (non-hydrogen) atoms. The van der Waals surface area contributed by atoms with E-state index in [2.05, 4.69) is 66.1 Å². The summed E-state index contributed by atoms with van der Waals surface area (Å²) in [5.74, 6) is -1.46. The van der Waals surface area contributed by atoms with Crippen LogP contribution in [0.15, 0.2) is 132 Å². The van der Waals surface area contributed by atoms with E-state index in [1.54, 1.807) is 36.5 Å². The highest BCUT2D eigenvalue weighted by Gasteiger charge is 2.41. The summed E-state index contributed by atoms with van der Waals surface area (Å²) in [6.45, 7) is 5.49. The van der Waals surface area contributed by atoms with E-state index in [-0.39, 0.29) is 73.1 Å². The van der Waals surface area contributed by atoms with Crippen LogP contribution in [0.25, 0.3) is 43.7 Å². The number of benzene rings is 4. The predicted octanol–water partition coefficient (Wildman–Crippen LogP) is 7.29. The Labute approximate surface area is 485 Å². The van der Waals surface area contributed by atoms with Gasteiger partial charge >= 0.3 is 12.2 Å². The van der Waals surface area contributed by atoms with Crippen LogP contribution < -0.4 is 10.6 Å². The number of imidazole rings is 1. The smallest absolute Gasteiger partial charge is 0.435 e. The molecule has 4 aromatic carbocycles. The molecule has 8 heterocycles. The number of thiazole rings is 1. The van der Waals surface area contributed by atoms with Crippen molar-refractivity contribution in [1.82, 2.24) is 84.5 Å². The summed E-state index contributed by atoms with van der Waals surface area (Å²) in [5, 5.41) is 33.3. The van der Waals surface area contributed by atoms with E-state index in [4.69, 9.17) is 9.52 Å². The third-order valence-corrected chi connectivity index (χ3v) is 15.5. The number of tetrazole rings is 2. The number of oxazole rings is 1. The van der Waals surface area contributed by atoms with E-state index in [0.717, 1.165) is 43.9 Å². The summed E-state index contributed by atoms with van der Waals surface area (Å²) in [7, 11) is 1.71. The summed E-state index contributed by atoms with van der Waals surface area (Å²) in [6.07, 6.45) is -0.629. The second kappa shape index (κ2) is 23.4. The highest BCUT2D eigenvalue weighted by molar-refractivity contribution is 7.18. The average Bonchev–Trinajstić information content (AvgIpc) is 4.07. The number of aromatic nitrogens is 13. The van der Waals surface area contributed by atoms with Gasteiger partial charge in [0, 0.05) is 102 Å². The number of pyridine rings is 1. The van der Waals surface area contributed by atoms with Crippen molar-refractivity contribution in [2.75, 3.05) is 63.0 Å². The number of alkyl halides is 3. The molecule has 6 aromatic heterocycles. The largest absolute Gasteiger partial charge is 0.450 e. The van der Waals surface area contributed by atoms with E-state index >= 15 is 0 Å². The number of carbonyl (C=O) groups is 4. The molecule has 2 N–H and O–H groups in total. The highest BCUT2D eigenvalue weighted by Crippen LogP contribution is 2.36. The lowest BCUT2D eigenvalue weighted by Gasteiger charge is -2.38. The molecule has 28 heteroatoms. The molecule has 4 amide bonds. The van der Waals surface area contributed by atoms with Crippen molar-refractivity contribution in [2.24, 2.45) is 7.05 Å². The Hall–Kier alpha value is -9.93. The van der Waals surface area contributed by atoms with E-state index in [0.29, 0.717) is 59.5 Å². The van der Waals surface area contributed by atoms with Crippen LogP contribution in [0.5, 0.6) is 0 Å². The maximum atomic E-state index is 14.5. The van der Waals surface area contributed by atoms with E-state index in [1.807, 2.05) is 84.9 Å². The molecule has 0 radical (unpaired) electrons. The van der Waals surface area contributed by atoms with Crippen molar-refractivity contribution in [3.05, 3.63) is 168 Å². The second-order valence-corrected chi connectivity index (χ2v) is 21.4. The van der Waals surface area contributed by atoms with Gasteiger partial charge in [-0.3, -0.25) is 29.2 Å². The number of hydrogen-bond acceptors (Lipinski definition) is 18. The number of rotatable bonds is 14. The lowest BCUT2D eigenvalue weighted by atomic mass is 10.0. The van der Waals surface area contributed by atoms with Gasteiger partial charge in [-0.05, 0) is 75.1 Å². The zero-order valence-corrected chi connectivity index (χ0v) is 46.6. The molecule has 0 bridgehead atoms. The van der Waals surface area contributed by atoms with Gasteiger partial charge in [-0.1, -0.05) is 66.7 Å². The summed E-state index contributed by atoms with van der Waals surface area (Å²) in [6, 6.07) is 31.4. The molecule has 0 aliphatic carbocycles. The molecule has 2 aliphatic rings. The molecular weight excluding hydrogens is 1120 g/mol. The number of fused-ring (bicyclic) bond motifs is 1. The summed E-state index contributed by atoms with van der Waals surface area (Å²) >= 11 is 1.48. The lowest BCUT2D eigenvalue weighted by Crippen LogP contribution is -2.51. The third-order valence-electron chi connectivity index (χ3n) is 14.4. The lowest BCUT2D eigenvalue weighted by molar-refractivity contribution is -0.146. The van der Waals surface area contributed by atoms with Gasteiger partial charge in [0.2, 0.25) is 23.5 Å². The minimum absolute atomic E-state index is 0.0666. The molecule has 24 nitrogen and oxygen atoms in total. The van der Waals surface area contributed by atoms with Gasteiger partial charge in [0.15, 0.2) is 17.2 Å². The van der Waals surface area contributed by atoms with Crippen LogP contribution in [0.2, 0.25) is 0 Å². The predicted molar refractivity (Wildman–Crippen MR) is 303 cm³/mol. The van der Waals surface area contributed by atoms with E-state index < -0.39 is 30.1 Å². The maximum absolute atomic E-state index is 14.5. The van der Waals surface area contributed by atoms with Gasteiger partial charge in [0.05, 0.1) is 30.6 Å². The van der Waals surface area contributed by atoms with Crippen LogP contribution in [-0.4, -0.2) is 161 Å². The van der Waals surface area contributed by atoms with Gasteiger partial charge in [-0.25, -0.2) is 24.3 Å². The normalized spacial score (nSPS) is 15.0. The van der Waals surface area contributed by atoms with Gasteiger partial charge in [-0.15, -0.1) is 31.7 Å². The maximum Gasteiger partial charge on any atom is 0.450 e. The molecule has 2 fully saturated rings. The number of nitrogens with one attached hydrogen (secondary N) is 2. The fourth-order valence-electron chi connectivity index (χ4n) is 10.5.